The molecule has 0 aromatic heterocycles. The molecule has 2 aliphatic rings. The molecular weight excluding hydrogens is 871 g/mol. The van der Waals surface area contributed by atoms with Crippen LogP contribution in [-0.4, -0.2) is 12.4 Å². The summed E-state index contributed by atoms with van der Waals surface area (Å²) in [5.41, 5.74) is 2.80. The Morgan fingerprint density at radius 3 is 1.13 bits per heavy atom. The van der Waals surface area contributed by atoms with Crippen molar-refractivity contribution in [2.45, 2.75) is 30.1 Å². The van der Waals surface area contributed by atoms with Crippen LogP contribution >= 0.6 is 0 Å². The third-order valence-corrected chi connectivity index (χ3v) is 13.7. The van der Waals surface area contributed by atoms with Crippen molar-refractivity contribution in [2.75, 3.05) is 0 Å². The van der Waals surface area contributed by atoms with E-state index in [0.29, 0.717) is 28.7 Å². The lowest BCUT2D eigenvalue weighted by Crippen LogP contribution is -2.53. The van der Waals surface area contributed by atoms with Crippen molar-refractivity contribution < 1.29 is 26.3 Å². The quantitative estimate of drug-likeness (QED) is 0.133. The van der Waals surface area contributed by atoms with Crippen LogP contribution in [0.2, 0.25) is 0 Å². The first-order chi connectivity index (χ1) is 33.5. The molecule has 0 saturated carbocycles. The summed E-state index contributed by atoms with van der Waals surface area (Å²) in [6.45, 7) is 0. The lowest BCUT2D eigenvalue weighted by atomic mass is 9.74. The zero-order valence-corrected chi connectivity index (χ0v) is 37.1. The molecule has 2 aliphatic carbocycles. The molecule has 0 fully saturated rings. The van der Waals surface area contributed by atoms with Gasteiger partial charge in [-0.1, -0.05) is 194 Å². The topological polar surface area (TPSA) is 0 Å². The maximum Gasteiger partial charge on any atom is 0.411 e. The molecule has 6 heteroatoms. The largest absolute Gasteiger partial charge is 0.411 e. The summed E-state index contributed by atoms with van der Waals surface area (Å²) in [6.07, 6.45) is -7.18. The average Bonchev–Trinajstić information content (AvgIpc) is 3.72. The Hall–Kier alpha value is -7.96. The minimum absolute atomic E-state index is 0.0914. The molecule has 9 aromatic rings. The van der Waals surface area contributed by atoms with E-state index in [0.717, 1.165) is 45.0 Å². The van der Waals surface area contributed by atoms with Crippen LogP contribution in [0.3, 0.4) is 0 Å². The van der Waals surface area contributed by atoms with Crippen LogP contribution < -0.4 is 0 Å². The van der Waals surface area contributed by atoms with Crippen LogP contribution in [0.15, 0.2) is 237 Å². The molecule has 0 amide bonds. The number of benzene rings is 9. The SMILES string of the molecule is FC(F)(F)C1(C(F)(F)F)c2cc(C3=CC(c4ccccc4)CC(c4ccccc4)=C3)cc(-c3ccccc3)c2-c2c(-c3ccccc3)cc(-c3cc(-c4ccccc4)cc(-c4ccccc4)c3)cc21. The van der Waals surface area contributed by atoms with Crippen molar-refractivity contribution in [3.05, 3.63) is 264 Å². The maximum atomic E-state index is 16.8. The number of allylic oxidation sites excluding steroid dienone is 4. The smallest absolute Gasteiger partial charge is 0.169 e. The summed E-state index contributed by atoms with van der Waals surface area (Å²) in [7, 11) is 0. The van der Waals surface area contributed by atoms with Gasteiger partial charge in [0.1, 0.15) is 0 Å². The van der Waals surface area contributed by atoms with Gasteiger partial charge in [-0.05, 0) is 155 Å². The molecule has 0 saturated heterocycles. The highest BCUT2D eigenvalue weighted by Crippen LogP contribution is 2.67. The van der Waals surface area contributed by atoms with Gasteiger partial charge < -0.3 is 0 Å². The fraction of sp³-hybridized carbons (Fsp3) is 0.0794. The summed E-state index contributed by atoms with van der Waals surface area (Å²) in [5.74, 6) is -0.207. The standard InChI is InChI=1S/C63H42F6/c64-62(65,66)61(63(67,68)69)57-39-53(51-33-47(41-19-7-1-8-20-41)31-48(34-51)42-21-9-2-10-22-42)37-55(45-27-15-5-16-28-45)59(57)60-56(46-29-17-6-18-30-46)38-54(40-58(60)61)52-35-49(43-23-11-3-12-24-43)32-50(36-52)44-25-13-4-14-26-44/h1-31,33-40,49H,32H2. The second-order valence-corrected chi connectivity index (χ2v) is 17.8. The van der Waals surface area contributed by atoms with Crippen molar-refractivity contribution in [3.8, 4) is 66.8 Å². The Labute approximate surface area is 397 Å². The molecule has 0 heterocycles. The molecule has 0 radical (unpaired) electrons. The summed E-state index contributed by atoms with van der Waals surface area (Å²) in [6, 6.07) is 67.8. The van der Waals surface area contributed by atoms with Crippen LogP contribution in [-0.2, 0) is 5.41 Å². The van der Waals surface area contributed by atoms with Crippen molar-refractivity contribution in [3.63, 3.8) is 0 Å². The van der Waals surface area contributed by atoms with Gasteiger partial charge >= 0.3 is 12.4 Å². The highest BCUT2D eigenvalue weighted by Gasteiger charge is 2.76. The molecule has 69 heavy (non-hydrogen) atoms. The highest BCUT2D eigenvalue weighted by atomic mass is 19.4. The van der Waals surface area contributed by atoms with E-state index < -0.39 is 28.9 Å². The van der Waals surface area contributed by atoms with E-state index in [1.54, 1.807) is 72.8 Å². The number of rotatable bonds is 8. The first-order valence-corrected chi connectivity index (χ1v) is 22.9. The predicted molar refractivity (Wildman–Crippen MR) is 268 cm³/mol. The Balaban J connectivity index is 1.24. The van der Waals surface area contributed by atoms with Gasteiger partial charge in [0.15, 0.2) is 0 Å². The monoisotopic (exact) mass is 912 g/mol. The second kappa shape index (κ2) is 17.3. The Kier molecular flexibility index (Phi) is 10.9. The molecular formula is C63H42F6. The lowest BCUT2D eigenvalue weighted by Gasteiger charge is -2.36. The molecule has 0 nitrogen and oxygen atoms in total. The Morgan fingerprint density at radius 1 is 0.348 bits per heavy atom. The Morgan fingerprint density at radius 2 is 0.696 bits per heavy atom. The molecule has 1 atom stereocenters. The third-order valence-electron chi connectivity index (χ3n) is 13.7. The number of hydrogen-bond acceptors (Lipinski definition) is 0. The summed E-state index contributed by atoms with van der Waals surface area (Å²) < 4.78 is 101. The van der Waals surface area contributed by atoms with Gasteiger partial charge in [0.25, 0.3) is 0 Å². The zero-order chi connectivity index (χ0) is 47.3. The summed E-state index contributed by atoms with van der Waals surface area (Å²) in [5, 5.41) is 0. The van der Waals surface area contributed by atoms with Crippen LogP contribution in [0.5, 0.6) is 0 Å². The minimum atomic E-state index is -5.84. The maximum absolute atomic E-state index is 16.8. The zero-order valence-electron chi connectivity index (χ0n) is 37.1. The van der Waals surface area contributed by atoms with Crippen molar-refractivity contribution in [1.82, 2.24) is 0 Å². The molecule has 9 aromatic carbocycles. The Bertz CT molecular complexity index is 3320. The molecule has 0 bridgehead atoms. The van der Waals surface area contributed by atoms with Gasteiger partial charge in [0.05, 0.1) is 0 Å². The first-order valence-electron chi connectivity index (χ1n) is 22.9. The highest BCUT2D eigenvalue weighted by molar-refractivity contribution is 6.04. The van der Waals surface area contributed by atoms with E-state index in [2.05, 4.69) is 0 Å². The fourth-order valence-corrected chi connectivity index (χ4v) is 10.5. The van der Waals surface area contributed by atoms with Gasteiger partial charge in [0.2, 0.25) is 5.41 Å². The summed E-state index contributed by atoms with van der Waals surface area (Å²) in [4.78, 5) is 0. The molecule has 0 aliphatic heterocycles. The normalized spacial score (nSPS) is 15.2. The predicted octanol–water partition coefficient (Wildman–Crippen LogP) is 18.1. The van der Waals surface area contributed by atoms with Gasteiger partial charge in [-0.3, -0.25) is 0 Å². The van der Waals surface area contributed by atoms with Gasteiger partial charge in [-0.25, -0.2) is 0 Å². The van der Waals surface area contributed by atoms with E-state index in [4.69, 9.17) is 0 Å². The first kappa shape index (κ1) is 43.6. The van der Waals surface area contributed by atoms with Crippen LogP contribution in [0.25, 0.3) is 77.9 Å². The second-order valence-electron chi connectivity index (χ2n) is 17.8. The number of hydrogen-bond donors (Lipinski definition) is 0. The van der Waals surface area contributed by atoms with E-state index in [-0.39, 0.29) is 39.3 Å². The van der Waals surface area contributed by atoms with Crippen LogP contribution in [0.4, 0.5) is 26.3 Å². The molecule has 0 N–H and O–H groups in total. The average molecular weight is 913 g/mol. The number of halogens is 6. The minimum Gasteiger partial charge on any atom is -0.169 e. The summed E-state index contributed by atoms with van der Waals surface area (Å²) >= 11 is 0. The van der Waals surface area contributed by atoms with E-state index in [9.17, 15) is 0 Å². The van der Waals surface area contributed by atoms with E-state index in [1.807, 2.05) is 152 Å². The van der Waals surface area contributed by atoms with Crippen molar-refractivity contribution in [2.24, 2.45) is 0 Å². The molecule has 1 unspecified atom stereocenters. The van der Waals surface area contributed by atoms with Gasteiger partial charge in [0, 0.05) is 5.92 Å². The van der Waals surface area contributed by atoms with Crippen molar-refractivity contribution in [1.29, 1.82) is 0 Å². The molecule has 0 spiro atoms. The van der Waals surface area contributed by atoms with E-state index in [1.165, 1.54) is 6.07 Å². The van der Waals surface area contributed by atoms with Crippen molar-refractivity contribution >= 4 is 11.1 Å². The fourth-order valence-electron chi connectivity index (χ4n) is 10.5. The number of fused-ring (bicyclic) bond motifs is 3. The van der Waals surface area contributed by atoms with Gasteiger partial charge in [-0.15, -0.1) is 0 Å². The molecule has 11 rings (SSSR count). The van der Waals surface area contributed by atoms with E-state index >= 15 is 26.3 Å². The van der Waals surface area contributed by atoms with Crippen LogP contribution in [0, 0.1) is 0 Å². The molecule has 336 valence electrons. The number of alkyl halides is 6. The van der Waals surface area contributed by atoms with Gasteiger partial charge in [-0.2, -0.15) is 26.3 Å². The van der Waals surface area contributed by atoms with Crippen LogP contribution in [0.1, 0.15) is 40.2 Å². The lowest BCUT2D eigenvalue weighted by molar-refractivity contribution is -0.287. The third kappa shape index (κ3) is 7.70.